The van der Waals surface area contributed by atoms with Gasteiger partial charge in [-0.3, -0.25) is 9.78 Å². The molecule has 3 aromatic rings. The van der Waals surface area contributed by atoms with Crippen LogP contribution in [0.15, 0.2) is 67.0 Å². The zero-order valence-electron chi connectivity index (χ0n) is 14.2. The number of benzene rings is 2. The van der Waals surface area contributed by atoms with Crippen LogP contribution >= 0.6 is 0 Å². The van der Waals surface area contributed by atoms with E-state index in [0.717, 1.165) is 5.69 Å². The number of halogens is 1. The second-order valence-electron chi connectivity index (χ2n) is 5.56. The molecule has 1 amide bonds. The molecule has 0 saturated heterocycles. The highest BCUT2D eigenvalue weighted by molar-refractivity contribution is 5.94. The summed E-state index contributed by atoms with van der Waals surface area (Å²) in [5, 5.41) is 5.87. The third-order valence-corrected chi connectivity index (χ3v) is 3.78. The van der Waals surface area contributed by atoms with E-state index in [-0.39, 0.29) is 18.3 Å². The molecule has 0 aliphatic carbocycles. The Morgan fingerprint density at radius 1 is 1.12 bits per heavy atom. The van der Waals surface area contributed by atoms with Gasteiger partial charge in [-0.25, -0.2) is 4.39 Å². The van der Waals surface area contributed by atoms with Gasteiger partial charge < -0.3 is 15.4 Å². The highest BCUT2D eigenvalue weighted by atomic mass is 19.1. The number of aromatic nitrogens is 1. The molecule has 5 nitrogen and oxygen atoms in total. The average molecular weight is 351 g/mol. The molecule has 0 radical (unpaired) electrons. The Labute approximate surface area is 150 Å². The number of nitrogens with zero attached hydrogens (tertiary/aromatic N) is 1. The summed E-state index contributed by atoms with van der Waals surface area (Å²) in [6.45, 7) is 0.107. The van der Waals surface area contributed by atoms with Gasteiger partial charge in [0.1, 0.15) is 11.6 Å². The van der Waals surface area contributed by atoms with Crippen molar-refractivity contribution in [1.29, 1.82) is 0 Å². The van der Waals surface area contributed by atoms with Crippen LogP contribution in [0, 0.1) is 5.82 Å². The lowest BCUT2D eigenvalue weighted by atomic mass is 10.2. The number of methoxy groups -OCH3 is 1. The molecule has 132 valence electrons. The summed E-state index contributed by atoms with van der Waals surface area (Å²) in [5.74, 6) is 0.00357. The highest BCUT2D eigenvalue weighted by Crippen LogP contribution is 2.26. The molecule has 0 fully saturated rings. The molecule has 0 saturated carbocycles. The Morgan fingerprint density at radius 3 is 2.69 bits per heavy atom. The van der Waals surface area contributed by atoms with Crippen molar-refractivity contribution in [2.24, 2.45) is 0 Å². The van der Waals surface area contributed by atoms with Gasteiger partial charge in [-0.1, -0.05) is 30.3 Å². The van der Waals surface area contributed by atoms with Crippen LogP contribution in [0.3, 0.4) is 0 Å². The number of carbonyl (C=O) groups excluding carboxylic acids is 1. The van der Waals surface area contributed by atoms with E-state index < -0.39 is 0 Å². The molecule has 0 atom stereocenters. The van der Waals surface area contributed by atoms with Crippen LogP contribution in [-0.4, -0.2) is 18.0 Å². The summed E-state index contributed by atoms with van der Waals surface area (Å²) in [4.78, 5) is 16.4. The van der Waals surface area contributed by atoms with Gasteiger partial charge in [-0.15, -0.1) is 0 Å². The smallest absolute Gasteiger partial charge is 0.253 e. The summed E-state index contributed by atoms with van der Waals surface area (Å²) in [6, 6.07) is 15.5. The monoisotopic (exact) mass is 351 g/mol. The van der Waals surface area contributed by atoms with Crippen LogP contribution in [0.4, 0.5) is 15.8 Å². The number of hydrogen-bond acceptors (Lipinski definition) is 4. The predicted octanol–water partition coefficient (Wildman–Crippen LogP) is 3.90. The highest BCUT2D eigenvalue weighted by Gasteiger charge is 2.09. The number of pyridine rings is 1. The molecule has 0 aliphatic rings. The maximum Gasteiger partial charge on any atom is 0.253 e. The second-order valence-corrected chi connectivity index (χ2v) is 5.56. The van der Waals surface area contributed by atoms with Crippen LogP contribution in [-0.2, 0) is 6.54 Å². The minimum absolute atomic E-state index is 0.107. The summed E-state index contributed by atoms with van der Waals surface area (Å²) in [5.41, 5.74) is 2.21. The maximum atomic E-state index is 13.6. The van der Waals surface area contributed by atoms with Crippen molar-refractivity contribution in [2.75, 3.05) is 12.4 Å². The van der Waals surface area contributed by atoms with Crippen LogP contribution < -0.4 is 15.4 Å². The van der Waals surface area contributed by atoms with E-state index in [0.29, 0.717) is 22.6 Å². The van der Waals surface area contributed by atoms with Crippen LogP contribution in [0.1, 0.15) is 15.9 Å². The molecule has 26 heavy (non-hydrogen) atoms. The minimum atomic E-state index is -0.350. The van der Waals surface area contributed by atoms with Crippen molar-refractivity contribution < 1.29 is 13.9 Å². The van der Waals surface area contributed by atoms with Crippen molar-refractivity contribution in [3.63, 3.8) is 0 Å². The standard InChI is InChI=1S/C20H18FN3O2/c1-26-19-9-5-4-8-18(19)24-16-10-15(11-22-13-16)20(25)23-12-14-6-2-3-7-17(14)21/h2-11,13,24H,12H2,1H3,(H,23,25). The lowest BCUT2D eigenvalue weighted by Gasteiger charge is -2.11. The number of ether oxygens (including phenoxy) is 1. The predicted molar refractivity (Wildman–Crippen MR) is 98.1 cm³/mol. The summed E-state index contributed by atoms with van der Waals surface area (Å²) in [7, 11) is 1.59. The molecular weight excluding hydrogens is 333 g/mol. The van der Waals surface area contributed by atoms with E-state index in [1.54, 1.807) is 37.6 Å². The normalized spacial score (nSPS) is 10.2. The summed E-state index contributed by atoms with van der Waals surface area (Å²) in [6.07, 6.45) is 3.07. The lowest BCUT2D eigenvalue weighted by Crippen LogP contribution is -2.23. The molecule has 0 aliphatic heterocycles. The van der Waals surface area contributed by atoms with Gasteiger partial charge in [0.15, 0.2) is 0 Å². The topological polar surface area (TPSA) is 63.2 Å². The first-order valence-corrected chi connectivity index (χ1v) is 8.04. The van der Waals surface area contributed by atoms with Gasteiger partial charge in [0.2, 0.25) is 0 Å². The number of hydrogen-bond donors (Lipinski definition) is 2. The van der Waals surface area contributed by atoms with E-state index in [1.807, 2.05) is 24.3 Å². The van der Waals surface area contributed by atoms with Crippen molar-refractivity contribution in [3.05, 3.63) is 83.9 Å². The molecule has 2 N–H and O–H groups in total. The first kappa shape index (κ1) is 17.4. The molecule has 6 heteroatoms. The van der Waals surface area contributed by atoms with E-state index >= 15 is 0 Å². The molecule has 0 unspecified atom stereocenters. The fourth-order valence-corrected chi connectivity index (χ4v) is 2.46. The van der Waals surface area contributed by atoms with Gasteiger partial charge in [-0.2, -0.15) is 0 Å². The van der Waals surface area contributed by atoms with Gasteiger partial charge >= 0.3 is 0 Å². The van der Waals surface area contributed by atoms with Crippen molar-refractivity contribution in [2.45, 2.75) is 6.54 Å². The largest absolute Gasteiger partial charge is 0.495 e. The van der Waals surface area contributed by atoms with E-state index in [9.17, 15) is 9.18 Å². The minimum Gasteiger partial charge on any atom is -0.495 e. The number of anilines is 2. The third kappa shape index (κ3) is 4.16. The van der Waals surface area contributed by atoms with E-state index in [2.05, 4.69) is 15.6 Å². The molecule has 1 aromatic heterocycles. The zero-order chi connectivity index (χ0) is 18.4. The SMILES string of the molecule is COc1ccccc1Nc1cncc(C(=O)NCc2ccccc2F)c1. The van der Waals surface area contributed by atoms with Gasteiger partial charge in [-0.05, 0) is 24.3 Å². The first-order valence-electron chi connectivity index (χ1n) is 8.04. The third-order valence-electron chi connectivity index (χ3n) is 3.78. The van der Waals surface area contributed by atoms with Crippen LogP contribution in [0.2, 0.25) is 0 Å². The van der Waals surface area contributed by atoms with Crippen molar-refractivity contribution in [3.8, 4) is 5.75 Å². The lowest BCUT2D eigenvalue weighted by molar-refractivity contribution is 0.0950. The average Bonchev–Trinajstić information content (AvgIpc) is 2.68. The van der Waals surface area contributed by atoms with E-state index in [1.165, 1.54) is 12.3 Å². The van der Waals surface area contributed by atoms with E-state index in [4.69, 9.17) is 4.74 Å². The molecule has 3 rings (SSSR count). The maximum absolute atomic E-state index is 13.6. The second kappa shape index (κ2) is 8.11. The van der Waals surface area contributed by atoms with Gasteiger partial charge in [0.25, 0.3) is 5.91 Å². The van der Waals surface area contributed by atoms with Crippen molar-refractivity contribution in [1.82, 2.24) is 10.3 Å². The molecule has 0 spiro atoms. The van der Waals surface area contributed by atoms with Gasteiger partial charge in [0.05, 0.1) is 30.2 Å². The van der Waals surface area contributed by atoms with Gasteiger partial charge in [0, 0.05) is 18.3 Å². The molecule has 2 aromatic carbocycles. The number of rotatable bonds is 6. The summed E-state index contributed by atoms with van der Waals surface area (Å²) < 4.78 is 18.9. The van der Waals surface area contributed by atoms with Crippen LogP contribution in [0.25, 0.3) is 0 Å². The zero-order valence-corrected chi connectivity index (χ0v) is 14.2. The number of nitrogens with one attached hydrogen (secondary N) is 2. The quantitative estimate of drug-likeness (QED) is 0.707. The Kier molecular flexibility index (Phi) is 5.43. The molecule has 0 bridgehead atoms. The number of para-hydroxylation sites is 2. The first-order chi connectivity index (χ1) is 12.7. The van der Waals surface area contributed by atoms with Crippen molar-refractivity contribution >= 4 is 17.3 Å². The Bertz CT molecular complexity index is 915. The number of amides is 1. The number of carbonyl (C=O) groups is 1. The Hall–Kier alpha value is -3.41. The Balaban J connectivity index is 1.70. The fraction of sp³-hybridized carbons (Fsp3) is 0.100. The summed E-state index contributed by atoms with van der Waals surface area (Å²) >= 11 is 0. The fourth-order valence-electron chi connectivity index (χ4n) is 2.46. The van der Waals surface area contributed by atoms with Crippen LogP contribution in [0.5, 0.6) is 5.75 Å². The Morgan fingerprint density at radius 2 is 1.88 bits per heavy atom. The molecule has 1 heterocycles. The molecular formula is C20H18FN3O2.